The number of likely N-dealkylation sites (N-methyl/N-ethyl adjacent to an activating group) is 1. The van der Waals surface area contributed by atoms with Gasteiger partial charge in [-0.05, 0) is 68.1 Å². The van der Waals surface area contributed by atoms with Crippen LogP contribution in [0.5, 0.6) is 0 Å². The van der Waals surface area contributed by atoms with E-state index < -0.39 is 0 Å². The summed E-state index contributed by atoms with van der Waals surface area (Å²) < 4.78 is 0. The summed E-state index contributed by atoms with van der Waals surface area (Å²) in [6.07, 6.45) is 4.78. The number of carbonyl (C=O) groups is 3. The number of ketones is 1. The third kappa shape index (κ3) is 8.28. The highest BCUT2D eigenvalue weighted by atomic mass is 16.1. The van der Waals surface area contributed by atoms with Gasteiger partial charge in [0.15, 0.2) is 5.78 Å². The van der Waals surface area contributed by atoms with E-state index in [-0.39, 0.29) is 11.7 Å². The number of nitrogens with zero attached hydrogens (tertiary/aromatic N) is 2. The Bertz CT molecular complexity index is 979. The van der Waals surface area contributed by atoms with Crippen LogP contribution in [0.3, 0.4) is 0 Å². The van der Waals surface area contributed by atoms with E-state index in [2.05, 4.69) is 15.6 Å². The molecule has 0 spiro atoms. The molecule has 0 aliphatic rings. The summed E-state index contributed by atoms with van der Waals surface area (Å²) >= 11 is 0. The molecule has 0 unspecified atom stereocenters. The predicted octanol–water partition coefficient (Wildman–Crippen LogP) is 2.72. The minimum absolute atomic E-state index is 0.0169. The van der Waals surface area contributed by atoms with E-state index in [1.807, 2.05) is 49.3 Å². The van der Waals surface area contributed by atoms with Crippen LogP contribution < -0.4 is 10.6 Å². The third-order valence-electron chi connectivity index (χ3n) is 4.77. The van der Waals surface area contributed by atoms with Crippen LogP contribution in [-0.4, -0.2) is 62.9 Å². The van der Waals surface area contributed by atoms with Gasteiger partial charge in [0.05, 0.1) is 5.71 Å². The molecule has 0 aliphatic carbocycles. The molecule has 0 atom stereocenters. The molecule has 7 heteroatoms. The number of benzene rings is 2. The molecule has 2 rings (SSSR count). The molecule has 2 amide bonds. The van der Waals surface area contributed by atoms with Gasteiger partial charge in [0.2, 0.25) is 6.41 Å². The van der Waals surface area contributed by atoms with Gasteiger partial charge in [-0.1, -0.05) is 24.3 Å². The minimum Gasteiger partial charge on any atom is -0.351 e. The van der Waals surface area contributed by atoms with Gasteiger partial charge in [-0.25, -0.2) is 0 Å². The summed E-state index contributed by atoms with van der Waals surface area (Å²) in [5, 5.41) is 5.48. The summed E-state index contributed by atoms with van der Waals surface area (Å²) in [5.41, 5.74) is 3.75. The Labute approximate surface area is 189 Å². The molecule has 2 N–H and O–H groups in total. The smallest absolute Gasteiger partial charge is 0.251 e. The fourth-order valence-electron chi connectivity index (χ4n) is 2.99. The van der Waals surface area contributed by atoms with Crippen molar-refractivity contribution in [1.82, 2.24) is 10.2 Å². The number of carbonyl (C=O) groups excluding carboxylic acids is 3. The van der Waals surface area contributed by atoms with Gasteiger partial charge in [0.1, 0.15) is 0 Å². The molecule has 0 aliphatic heterocycles. The average molecular weight is 435 g/mol. The summed E-state index contributed by atoms with van der Waals surface area (Å²) in [6.45, 7) is 1.36. The van der Waals surface area contributed by atoms with Crippen LogP contribution in [0.15, 0.2) is 65.7 Å². The maximum absolute atomic E-state index is 12.3. The second-order valence-corrected chi connectivity index (χ2v) is 7.51. The van der Waals surface area contributed by atoms with Crippen LogP contribution in [0.4, 0.5) is 5.69 Å². The lowest BCUT2D eigenvalue weighted by Crippen LogP contribution is -2.31. The van der Waals surface area contributed by atoms with Crippen LogP contribution in [0.2, 0.25) is 0 Å². The van der Waals surface area contributed by atoms with E-state index in [1.54, 1.807) is 31.3 Å². The Hall–Kier alpha value is -3.58. The molecular weight excluding hydrogens is 404 g/mol. The number of allylic oxidation sites excluding steroid dienone is 2. The first-order valence-corrected chi connectivity index (χ1v) is 10.4. The number of anilines is 1. The maximum atomic E-state index is 12.3. The van der Waals surface area contributed by atoms with E-state index in [4.69, 9.17) is 0 Å². The normalized spacial score (nSPS) is 11.6. The standard InChI is InChI=1S/C25H30N4O3/c1-26-24(20-8-10-21(11-9-20)25(32)27-15-16-29(2)3)14-13-23(31)12-7-19-5-4-6-22(17-19)28-18-30/h4-6,8-11,13-14,17-18H,7,12,15-16H2,1-3H3,(H,27,32)(H,28,30)/b14-13-,26-24?. The number of hydrogen-bond donors (Lipinski definition) is 2. The van der Waals surface area contributed by atoms with E-state index in [9.17, 15) is 14.4 Å². The molecule has 0 fully saturated rings. The highest BCUT2D eigenvalue weighted by Crippen LogP contribution is 2.12. The van der Waals surface area contributed by atoms with Crippen molar-refractivity contribution < 1.29 is 14.4 Å². The predicted molar refractivity (Wildman–Crippen MR) is 128 cm³/mol. The van der Waals surface area contributed by atoms with Gasteiger partial charge in [-0.15, -0.1) is 0 Å². The first kappa shape index (κ1) is 24.7. The van der Waals surface area contributed by atoms with E-state index in [0.29, 0.717) is 42.8 Å². The van der Waals surface area contributed by atoms with Crippen LogP contribution in [0.1, 0.15) is 27.9 Å². The molecule has 0 saturated carbocycles. The Morgan fingerprint density at radius 2 is 1.75 bits per heavy atom. The third-order valence-corrected chi connectivity index (χ3v) is 4.77. The Kier molecular flexibility index (Phi) is 10.0. The van der Waals surface area contributed by atoms with Gasteiger partial charge in [0.25, 0.3) is 5.91 Å². The van der Waals surface area contributed by atoms with Crippen LogP contribution in [-0.2, 0) is 16.0 Å². The van der Waals surface area contributed by atoms with Crippen LogP contribution in [0, 0.1) is 0 Å². The molecular formula is C25H30N4O3. The molecule has 0 heterocycles. The van der Waals surface area contributed by atoms with Gasteiger partial charge in [-0.2, -0.15) is 0 Å². The Morgan fingerprint density at radius 3 is 2.41 bits per heavy atom. The molecule has 32 heavy (non-hydrogen) atoms. The minimum atomic E-state index is -0.119. The molecule has 168 valence electrons. The summed E-state index contributed by atoms with van der Waals surface area (Å²) in [7, 11) is 5.57. The van der Waals surface area contributed by atoms with Crippen molar-refractivity contribution in [2.75, 3.05) is 39.5 Å². The Morgan fingerprint density at radius 1 is 1.03 bits per heavy atom. The molecule has 0 radical (unpaired) electrons. The number of amides is 2. The fourth-order valence-corrected chi connectivity index (χ4v) is 2.99. The zero-order chi connectivity index (χ0) is 23.3. The SMILES string of the molecule is CN=C(/C=C\C(=O)CCc1cccc(NC=O)c1)c1ccc(C(=O)NCCN(C)C)cc1. The fraction of sp³-hybridized carbons (Fsp3) is 0.280. The van der Waals surface area contributed by atoms with Crippen molar-refractivity contribution in [2.45, 2.75) is 12.8 Å². The van der Waals surface area contributed by atoms with Crippen LogP contribution >= 0.6 is 0 Å². The van der Waals surface area contributed by atoms with Crippen molar-refractivity contribution >= 4 is 29.5 Å². The summed E-state index contributed by atoms with van der Waals surface area (Å²) in [6, 6.07) is 14.6. The molecule has 0 saturated heterocycles. The van der Waals surface area contributed by atoms with E-state index in [1.165, 1.54) is 6.08 Å². The van der Waals surface area contributed by atoms with Crippen molar-refractivity contribution in [3.63, 3.8) is 0 Å². The quantitative estimate of drug-likeness (QED) is 0.305. The molecule has 7 nitrogen and oxygen atoms in total. The van der Waals surface area contributed by atoms with Crippen molar-refractivity contribution in [3.05, 3.63) is 77.4 Å². The zero-order valence-electron chi connectivity index (χ0n) is 18.8. The van der Waals surface area contributed by atoms with Gasteiger partial charge in [0, 0.05) is 37.8 Å². The average Bonchev–Trinajstić information content (AvgIpc) is 2.78. The lowest BCUT2D eigenvalue weighted by molar-refractivity contribution is -0.114. The van der Waals surface area contributed by atoms with Crippen molar-refractivity contribution in [2.24, 2.45) is 4.99 Å². The maximum Gasteiger partial charge on any atom is 0.251 e. The van der Waals surface area contributed by atoms with Crippen LogP contribution in [0.25, 0.3) is 0 Å². The first-order valence-electron chi connectivity index (χ1n) is 10.4. The molecule has 0 bridgehead atoms. The first-order chi connectivity index (χ1) is 15.4. The van der Waals surface area contributed by atoms with Gasteiger partial charge in [-0.3, -0.25) is 19.4 Å². The number of hydrogen-bond acceptors (Lipinski definition) is 5. The second kappa shape index (κ2) is 13.0. The lowest BCUT2D eigenvalue weighted by Gasteiger charge is -2.10. The second-order valence-electron chi connectivity index (χ2n) is 7.51. The number of nitrogens with one attached hydrogen (secondary N) is 2. The van der Waals surface area contributed by atoms with Crippen molar-refractivity contribution in [3.8, 4) is 0 Å². The number of aliphatic imine (C=N–C) groups is 1. The molecule has 2 aromatic carbocycles. The van der Waals surface area contributed by atoms with Gasteiger partial charge >= 0.3 is 0 Å². The molecule has 2 aromatic rings. The highest BCUT2D eigenvalue weighted by molar-refractivity contribution is 6.11. The largest absolute Gasteiger partial charge is 0.351 e. The number of rotatable bonds is 12. The Balaban J connectivity index is 1.91. The van der Waals surface area contributed by atoms with Gasteiger partial charge < -0.3 is 15.5 Å². The monoisotopic (exact) mass is 434 g/mol. The van der Waals surface area contributed by atoms with E-state index in [0.717, 1.165) is 17.7 Å². The summed E-state index contributed by atoms with van der Waals surface area (Å²) in [5.74, 6) is -0.136. The topological polar surface area (TPSA) is 90.9 Å². The van der Waals surface area contributed by atoms with E-state index >= 15 is 0 Å². The molecule has 0 aromatic heterocycles. The highest BCUT2D eigenvalue weighted by Gasteiger charge is 2.07. The zero-order valence-corrected chi connectivity index (χ0v) is 18.8. The lowest BCUT2D eigenvalue weighted by atomic mass is 10.0. The van der Waals surface area contributed by atoms with Crippen molar-refractivity contribution in [1.29, 1.82) is 0 Å². The number of aryl methyl sites for hydroxylation is 1. The summed E-state index contributed by atoms with van der Waals surface area (Å²) in [4.78, 5) is 41.3.